The lowest BCUT2D eigenvalue weighted by Gasteiger charge is -2.34. The van der Waals surface area contributed by atoms with E-state index >= 15 is 0 Å². The van der Waals surface area contributed by atoms with Crippen LogP contribution in [0.5, 0.6) is 0 Å². The summed E-state index contributed by atoms with van der Waals surface area (Å²) in [4.78, 5) is 41.7. The first-order valence-electron chi connectivity index (χ1n) is 13.6. The third kappa shape index (κ3) is 7.82. The molecule has 0 aliphatic carbocycles. The van der Waals surface area contributed by atoms with Crippen molar-refractivity contribution < 1.29 is 18.8 Å². The van der Waals surface area contributed by atoms with Gasteiger partial charge in [-0.1, -0.05) is 64.1 Å². The van der Waals surface area contributed by atoms with Crippen molar-refractivity contribution in [3.63, 3.8) is 0 Å². The van der Waals surface area contributed by atoms with Crippen LogP contribution in [0.25, 0.3) is 0 Å². The Morgan fingerprint density at radius 3 is 1.97 bits per heavy atom. The van der Waals surface area contributed by atoms with Crippen molar-refractivity contribution in [2.75, 3.05) is 11.4 Å². The molecule has 2 aromatic carbocycles. The fourth-order valence-electron chi connectivity index (χ4n) is 4.29. The van der Waals surface area contributed by atoms with Gasteiger partial charge in [0.05, 0.1) is 12.8 Å². The monoisotopic (exact) mass is 531 g/mol. The van der Waals surface area contributed by atoms with Crippen LogP contribution in [-0.4, -0.2) is 29.8 Å². The first kappa shape index (κ1) is 29.7. The molecule has 1 aromatic heterocycles. The topological polar surface area (TPSA) is 91.7 Å². The maximum Gasteiger partial charge on any atom is 0.287 e. The molecule has 2 atom stereocenters. The van der Waals surface area contributed by atoms with Crippen molar-refractivity contribution in [2.24, 2.45) is 0 Å². The molecule has 3 rings (SSSR count). The number of anilines is 1. The molecule has 0 radical (unpaired) electrons. The number of carbonyl (C=O) groups is 3. The van der Waals surface area contributed by atoms with Crippen LogP contribution in [0, 0.1) is 0 Å². The van der Waals surface area contributed by atoms with Crippen LogP contribution >= 0.6 is 0 Å². The highest BCUT2D eigenvalue weighted by Crippen LogP contribution is 2.31. The molecule has 0 bridgehead atoms. The fraction of sp³-hybridized carbons (Fsp3) is 0.406. The minimum atomic E-state index is -0.951. The van der Waals surface area contributed by atoms with Crippen molar-refractivity contribution in [1.29, 1.82) is 0 Å². The molecule has 0 aliphatic rings. The number of hydrogen-bond donors (Lipinski definition) is 2. The molecule has 3 aromatic rings. The SMILES string of the molecule is CCC(C)c1ccc(N(C(=O)CNC(=O)c2ccco2)C(C(=O)NC(C)(C)C)c2ccc(C(C)C)cc2)cc1. The summed E-state index contributed by atoms with van der Waals surface area (Å²) in [6.45, 7) is 13.9. The van der Waals surface area contributed by atoms with Crippen LogP contribution in [0.4, 0.5) is 5.69 Å². The summed E-state index contributed by atoms with van der Waals surface area (Å²) >= 11 is 0. The van der Waals surface area contributed by atoms with Gasteiger partial charge in [0.25, 0.3) is 5.91 Å². The lowest BCUT2D eigenvalue weighted by Crippen LogP contribution is -2.51. The molecule has 7 nitrogen and oxygen atoms in total. The van der Waals surface area contributed by atoms with Crippen molar-refractivity contribution >= 4 is 23.4 Å². The van der Waals surface area contributed by atoms with Crippen LogP contribution in [-0.2, 0) is 9.59 Å². The van der Waals surface area contributed by atoms with E-state index in [9.17, 15) is 14.4 Å². The molecule has 208 valence electrons. The summed E-state index contributed by atoms with van der Waals surface area (Å²) in [6.07, 6.45) is 2.38. The van der Waals surface area contributed by atoms with E-state index in [1.165, 1.54) is 17.2 Å². The fourth-order valence-corrected chi connectivity index (χ4v) is 4.29. The van der Waals surface area contributed by atoms with Gasteiger partial charge < -0.3 is 15.1 Å². The quantitative estimate of drug-likeness (QED) is 0.320. The third-order valence-corrected chi connectivity index (χ3v) is 6.69. The van der Waals surface area contributed by atoms with Crippen LogP contribution in [0.2, 0.25) is 0 Å². The number of rotatable bonds is 10. The van der Waals surface area contributed by atoms with Crippen molar-refractivity contribution in [2.45, 2.75) is 78.3 Å². The zero-order valence-corrected chi connectivity index (χ0v) is 24.1. The van der Waals surface area contributed by atoms with E-state index < -0.39 is 23.4 Å². The highest BCUT2D eigenvalue weighted by molar-refractivity contribution is 6.04. The maximum atomic E-state index is 13.9. The Morgan fingerprint density at radius 2 is 1.46 bits per heavy atom. The minimum Gasteiger partial charge on any atom is -0.459 e. The van der Waals surface area contributed by atoms with Gasteiger partial charge in [-0.05, 0) is 80.0 Å². The Hall–Kier alpha value is -3.87. The van der Waals surface area contributed by atoms with E-state index in [0.29, 0.717) is 23.1 Å². The molecule has 1 heterocycles. The maximum absolute atomic E-state index is 13.9. The number of hydrogen-bond acceptors (Lipinski definition) is 4. The van der Waals surface area contributed by atoms with Crippen LogP contribution < -0.4 is 15.5 Å². The number of furan rings is 1. The second-order valence-corrected chi connectivity index (χ2v) is 11.3. The van der Waals surface area contributed by atoms with Gasteiger partial charge >= 0.3 is 0 Å². The standard InChI is InChI=1S/C32H41N3O4/c1-8-22(4)24-15-17-26(18-16-24)35(28(36)20-33-30(37)27-10-9-19-39-27)29(31(38)34-32(5,6)7)25-13-11-23(12-14-25)21(2)3/h9-19,21-22,29H,8,20H2,1-7H3,(H,33,37)(H,34,38). The number of amides is 3. The predicted octanol–water partition coefficient (Wildman–Crippen LogP) is 6.34. The van der Waals surface area contributed by atoms with Crippen molar-refractivity contribution in [3.8, 4) is 0 Å². The van der Waals surface area contributed by atoms with Gasteiger partial charge in [0, 0.05) is 11.2 Å². The highest BCUT2D eigenvalue weighted by atomic mass is 16.3. The Morgan fingerprint density at radius 1 is 0.872 bits per heavy atom. The van der Waals surface area contributed by atoms with E-state index in [1.807, 2.05) is 69.3 Å². The van der Waals surface area contributed by atoms with E-state index in [4.69, 9.17) is 4.42 Å². The molecule has 0 aliphatic heterocycles. The second-order valence-electron chi connectivity index (χ2n) is 11.3. The lowest BCUT2D eigenvalue weighted by atomic mass is 9.95. The summed E-state index contributed by atoms with van der Waals surface area (Å²) < 4.78 is 5.16. The summed E-state index contributed by atoms with van der Waals surface area (Å²) in [5.74, 6) is -0.441. The van der Waals surface area contributed by atoms with Crippen LogP contribution in [0.15, 0.2) is 71.3 Å². The minimum absolute atomic E-state index is 0.110. The van der Waals surface area contributed by atoms with Gasteiger partial charge in [-0.2, -0.15) is 0 Å². The normalized spacial score (nSPS) is 13.0. The van der Waals surface area contributed by atoms with Crippen molar-refractivity contribution in [1.82, 2.24) is 10.6 Å². The molecule has 3 amide bonds. The average molecular weight is 532 g/mol. The first-order chi connectivity index (χ1) is 18.4. The summed E-state index contributed by atoms with van der Waals surface area (Å²) in [5, 5.41) is 5.69. The smallest absolute Gasteiger partial charge is 0.287 e. The van der Waals surface area contributed by atoms with E-state index in [0.717, 1.165) is 17.5 Å². The first-order valence-corrected chi connectivity index (χ1v) is 13.6. The van der Waals surface area contributed by atoms with E-state index in [2.05, 4.69) is 38.3 Å². The number of nitrogens with one attached hydrogen (secondary N) is 2. The van der Waals surface area contributed by atoms with Gasteiger partial charge in [0.2, 0.25) is 11.8 Å². The Balaban J connectivity index is 2.06. The third-order valence-electron chi connectivity index (χ3n) is 6.69. The second kappa shape index (κ2) is 12.8. The van der Waals surface area contributed by atoms with Gasteiger partial charge in [-0.15, -0.1) is 0 Å². The summed E-state index contributed by atoms with van der Waals surface area (Å²) in [6, 6.07) is 17.7. The Labute approximate surface area is 232 Å². The zero-order chi connectivity index (χ0) is 28.7. The molecule has 0 spiro atoms. The van der Waals surface area contributed by atoms with Crippen LogP contribution in [0.1, 0.15) is 100 Å². The largest absolute Gasteiger partial charge is 0.459 e. The molecule has 7 heteroatoms. The highest BCUT2D eigenvalue weighted by Gasteiger charge is 2.34. The van der Waals surface area contributed by atoms with Crippen LogP contribution in [0.3, 0.4) is 0 Å². The zero-order valence-electron chi connectivity index (χ0n) is 24.1. The number of benzene rings is 2. The van der Waals surface area contributed by atoms with Gasteiger partial charge in [-0.25, -0.2) is 0 Å². The van der Waals surface area contributed by atoms with Crippen molar-refractivity contribution in [3.05, 3.63) is 89.4 Å². The van der Waals surface area contributed by atoms with E-state index in [1.54, 1.807) is 6.07 Å². The Bertz CT molecular complexity index is 1240. The molecular formula is C32H41N3O4. The van der Waals surface area contributed by atoms with E-state index in [-0.39, 0.29) is 18.2 Å². The number of nitrogens with zero attached hydrogens (tertiary/aromatic N) is 1. The average Bonchev–Trinajstić information content (AvgIpc) is 3.44. The summed E-state index contributed by atoms with van der Waals surface area (Å²) in [5.41, 5.74) is 3.02. The Kier molecular flexibility index (Phi) is 9.73. The predicted molar refractivity (Wildman–Crippen MR) is 155 cm³/mol. The molecule has 0 saturated heterocycles. The van der Waals surface area contributed by atoms with Gasteiger partial charge in [0.15, 0.2) is 5.76 Å². The molecular weight excluding hydrogens is 490 g/mol. The molecule has 2 N–H and O–H groups in total. The molecule has 2 unspecified atom stereocenters. The van der Waals surface area contributed by atoms with Gasteiger partial charge in [-0.3, -0.25) is 19.3 Å². The van der Waals surface area contributed by atoms with Gasteiger partial charge in [0.1, 0.15) is 6.04 Å². The summed E-state index contributed by atoms with van der Waals surface area (Å²) in [7, 11) is 0. The molecule has 39 heavy (non-hydrogen) atoms. The molecule has 0 fully saturated rings. The number of carbonyl (C=O) groups excluding carboxylic acids is 3. The molecule has 0 saturated carbocycles. The lowest BCUT2D eigenvalue weighted by molar-refractivity contribution is -0.127.